The van der Waals surface area contributed by atoms with Gasteiger partial charge < -0.3 is 104 Å². The molecule has 216 valence electrons. The first-order valence-electron chi connectivity index (χ1n) is 12.2. The van der Waals surface area contributed by atoms with Crippen molar-refractivity contribution in [2.45, 2.75) is 149 Å². The largest absolute Gasteiger partial charge is 4.00 e. The van der Waals surface area contributed by atoms with Gasteiger partial charge in [-0.25, -0.2) is 0 Å². The molecule has 0 aromatic rings. The normalized spacial score (nSPS) is 20.2. The van der Waals surface area contributed by atoms with Crippen molar-refractivity contribution >= 4 is 104 Å². The van der Waals surface area contributed by atoms with Crippen molar-refractivity contribution in [3.63, 3.8) is 0 Å². The van der Waals surface area contributed by atoms with Gasteiger partial charge in [0.1, 0.15) is 0 Å². The number of hydrogen-bond acceptors (Lipinski definition) is 8. The predicted molar refractivity (Wildman–Crippen MR) is 172 cm³/mol. The summed E-state index contributed by atoms with van der Waals surface area (Å²) in [5.74, 6) is 0. The zero-order chi connectivity index (χ0) is 20.5. The van der Waals surface area contributed by atoms with E-state index in [1.807, 2.05) is 0 Å². The molecule has 0 aromatic carbocycles. The average molecular weight is 761 g/mol. The Hall–Kier alpha value is 4.36. The van der Waals surface area contributed by atoms with E-state index in [1.165, 1.54) is 128 Å². The molecule has 4 rings (SSSR count). The van der Waals surface area contributed by atoms with Gasteiger partial charge in [0.15, 0.2) is 0 Å². The van der Waals surface area contributed by atoms with Gasteiger partial charge in [0.05, 0.1) is 0 Å². The minimum Gasteiger partial charge on any atom is -0.813 e. The topological polar surface area (TPSA) is 0 Å². The van der Waals surface area contributed by atoms with E-state index < -0.39 is 0 Å². The summed E-state index contributed by atoms with van der Waals surface area (Å²) in [6.45, 7) is 0. The molecule has 0 nitrogen and oxygen atoms in total. The SMILES string of the molecule is [Fe+2].[Fe+2].[Fe+4].[S-]C1CCCCC1.[S-]C1CCCCC1.[S-]C1CCCCC1.[S-]C1CCCCC1.[SH-].[SH-].[SH-].[SH-]. The van der Waals surface area contributed by atoms with E-state index in [4.69, 9.17) is 50.5 Å². The van der Waals surface area contributed by atoms with E-state index in [1.54, 1.807) is 0 Å². The van der Waals surface area contributed by atoms with Crippen molar-refractivity contribution < 1.29 is 51.2 Å². The fourth-order valence-corrected chi connectivity index (χ4v) is 5.59. The van der Waals surface area contributed by atoms with Gasteiger partial charge in [-0.2, -0.15) is 21.0 Å². The van der Waals surface area contributed by atoms with Crippen LogP contribution in [0.2, 0.25) is 0 Å². The minimum atomic E-state index is 0. The molecular formula is C24H48Fe3S8. The number of rotatable bonds is 0. The number of hydrogen-bond donors (Lipinski definition) is 0. The van der Waals surface area contributed by atoms with Gasteiger partial charge >= 0.3 is 51.2 Å². The predicted octanol–water partition coefficient (Wildman–Crippen LogP) is 6.38. The van der Waals surface area contributed by atoms with Crippen LogP contribution in [-0.4, -0.2) is 21.0 Å². The number of thiol groups is 4. The summed E-state index contributed by atoms with van der Waals surface area (Å²) in [5.41, 5.74) is 0. The van der Waals surface area contributed by atoms with Crippen molar-refractivity contribution in [1.29, 1.82) is 0 Å². The van der Waals surface area contributed by atoms with Gasteiger partial charge in [0.25, 0.3) is 0 Å². The first-order chi connectivity index (χ1) is 13.6. The van der Waals surface area contributed by atoms with Gasteiger partial charge in [0.2, 0.25) is 0 Å². The summed E-state index contributed by atoms with van der Waals surface area (Å²) in [6.07, 6.45) is 27.2. The van der Waals surface area contributed by atoms with Crippen molar-refractivity contribution in [2.24, 2.45) is 0 Å². The zero-order valence-electron chi connectivity index (χ0n) is 20.9. The van der Waals surface area contributed by atoms with E-state index in [0.29, 0.717) is 21.0 Å². The maximum absolute atomic E-state index is 5.09. The van der Waals surface area contributed by atoms with E-state index in [0.717, 1.165) is 0 Å². The second-order valence-corrected chi connectivity index (χ2v) is 11.7. The summed E-state index contributed by atoms with van der Waals surface area (Å²) in [7, 11) is 0. The van der Waals surface area contributed by atoms with Crippen molar-refractivity contribution in [3.05, 3.63) is 0 Å². The quantitative estimate of drug-likeness (QED) is 0.157. The van der Waals surface area contributed by atoms with E-state index in [-0.39, 0.29) is 105 Å². The molecule has 0 bridgehead atoms. The molecule has 0 spiro atoms. The molecule has 4 fully saturated rings. The molecule has 0 radical (unpaired) electrons. The Kier molecular flexibility index (Phi) is 64.0. The van der Waals surface area contributed by atoms with Gasteiger partial charge in [-0.1, -0.05) is 128 Å². The van der Waals surface area contributed by atoms with Crippen LogP contribution in [0, 0.1) is 0 Å². The fourth-order valence-electron chi connectivity index (χ4n) is 4.26. The fraction of sp³-hybridized carbons (Fsp3) is 1.00. The molecular weight excluding hydrogens is 712 g/mol. The van der Waals surface area contributed by atoms with Crippen LogP contribution in [0.25, 0.3) is 0 Å². The molecule has 4 aliphatic rings. The van der Waals surface area contributed by atoms with E-state index in [9.17, 15) is 0 Å². The van der Waals surface area contributed by atoms with Crippen LogP contribution in [0.3, 0.4) is 0 Å². The summed E-state index contributed by atoms with van der Waals surface area (Å²) >= 11 is 20.4. The van der Waals surface area contributed by atoms with Gasteiger partial charge in [-0.3, -0.25) is 0 Å². The summed E-state index contributed by atoms with van der Waals surface area (Å²) in [4.78, 5) is 0. The third-order valence-corrected chi connectivity index (χ3v) is 8.09. The first kappa shape index (κ1) is 55.3. The van der Waals surface area contributed by atoms with Crippen LogP contribution in [0.4, 0.5) is 0 Å². The maximum atomic E-state index is 5.09. The Balaban J connectivity index is -0.0000000560. The van der Waals surface area contributed by atoms with Crippen molar-refractivity contribution in [2.75, 3.05) is 0 Å². The van der Waals surface area contributed by atoms with Crippen LogP contribution in [0.5, 0.6) is 0 Å². The van der Waals surface area contributed by atoms with E-state index >= 15 is 0 Å². The van der Waals surface area contributed by atoms with E-state index in [2.05, 4.69) is 0 Å². The standard InChI is InChI=1S/4C6H12S.3Fe.4H2S/c4*7-6-4-2-1-3-5-6;;;;;;;/h4*6-7H,1-5H2;;;;4*1H2/q;;;;2*+2;+4;;;;/p-8. The van der Waals surface area contributed by atoms with Crippen LogP contribution < -0.4 is 0 Å². The van der Waals surface area contributed by atoms with Gasteiger partial charge in [-0.05, 0) is 0 Å². The van der Waals surface area contributed by atoms with Gasteiger partial charge in [-0.15, -0.1) is 0 Å². The smallest absolute Gasteiger partial charge is 0.813 e. The molecule has 11 heteroatoms. The molecule has 0 N–H and O–H groups in total. The molecule has 0 saturated heterocycles. The van der Waals surface area contributed by atoms with Crippen molar-refractivity contribution in [1.82, 2.24) is 0 Å². The summed E-state index contributed by atoms with van der Waals surface area (Å²) < 4.78 is 0. The molecule has 0 atom stereocenters. The zero-order valence-corrected chi connectivity index (χ0v) is 31.1. The summed E-state index contributed by atoms with van der Waals surface area (Å²) in [6, 6.07) is 0. The van der Waals surface area contributed by atoms with Gasteiger partial charge in [0, 0.05) is 0 Å². The van der Waals surface area contributed by atoms with Crippen LogP contribution in [0.15, 0.2) is 0 Å². The molecule has 0 amide bonds. The molecule has 4 aliphatic carbocycles. The molecule has 4 saturated carbocycles. The Morgan fingerprint density at radius 3 is 0.457 bits per heavy atom. The summed E-state index contributed by atoms with van der Waals surface area (Å²) in [5, 5.41) is 2.48. The third-order valence-electron chi connectivity index (χ3n) is 6.21. The van der Waals surface area contributed by atoms with Crippen LogP contribution in [-0.2, 0) is 156 Å². The molecule has 0 heterocycles. The van der Waals surface area contributed by atoms with Crippen LogP contribution in [0.1, 0.15) is 128 Å². The monoisotopic (exact) mass is 760 g/mol. The third kappa shape index (κ3) is 38.4. The molecule has 0 aromatic heterocycles. The molecule has 35 heavy (non-hydrogen) atoms. The Morgan fingerprint density at radius 1 is 0.286 bits per heavy atom. The van der Waals surface area contributed by atoms with Crippen LogP contribution >= 0.6 is 0 Å². The Bertz CT molecular complexity index is 273. The average Bonchev–Trinajstić information content (AvgIpc) is 2.72. The minimum absolute atomic E-state index is 0. The van der Waals surface area contributed by atoms with Crippen molar-refractivity contribution in [3.8, 4) is 0 Å². The Labute approximate surface area is 301 Å². The second-order valence-electron chi connectivity index (χ2n) is 9.04. The second kappa shape index (κ2) is 40.5. The first-order valence-corrected chi connectivity index (χ1v) is 14.1. The maximum Gasteiger partial charge on any atom is 4.00 e. The molecule has 0 unspecified atom stereocenters. The Morgan fingerprint density at radius 2 is 0.400 bits per heavy atom. The molecule has 0 aliphatic heterocycles.